The maximum absolute atomic E-state index is 11.4. The normalized spacial score (nSPS) is 16.9. The van der Waals surface area contributed by atoms with Crippen LogP contribution in [0.4, 0.5) is 0 Å². The molecule has 0 saturated carbocycles. The quantitative estimate of drug-likeness (QED) is 0.805. The Labute approximate surface area is 115 Å². The molecular formula is C17H21NO. The van der Waals surface area contributed by atoms with Gasteiger partial charge in [0.25, 0.3) is 0 Å². The summed E-state index contributed by atoms with van der Waals surface area (Å²) < 4.78 is 0. The predicted molar refractivity (Wildman–Crippen MR) is 78.2 cm³/mol. The Morgan fingerprint density at radius 1 is 1.16 bits per heavy atom. The van der Waals surface area contributed by atoms with E-state index < -0.39 is 0 Å². The molecule has 1 aliphatic heterocycles. The van der Waals surface area contributed by atoms with Gasteiger partial charge in [0, 0.05) is 24.7 Å². The number of carbonyl (C=O) groups excluding carboxylic acids is 1. The van der Waals surface area contributed by atoms with Gasteiger partial charge in [-0.05, 0) is 17.9 Å². The Balaban J connectivity index is 2.24. The minimum atomic E-state index is -0.00664. The molecule has 0 aromatic heterocycles. The summed E-state index contributed by atoms with van der Waals surface area (Å²) in [5.41, 5.74) is 1.31. The van der Waals surface area contributed by atoms with Crippen LogP contribution in [-0.4, -0.2) is 10.8 Å². The molecule has 1 aromatic rings. The second-order valence-corrected chi connectivity index (χ2v) is 5.49. The molecule has 2 nitrogen and oxygen atoms in total. The van der Waals surface area contributed by atoms with E-state index in [2.05, 4.69) is 50.3 Å². The van der Waals surface area contributed by atoms with E-state index in [1.54, 1.807) is 11.8 Å². The highest BCUT2D eigenvalue weighted by molar-refractivity contribution is 5.75. The first-order valence-electron chi connectivity index (χ1n) is 6.75. The molecule has 2 heteroatoms. The molecule has 19 heavy (non-hydrogen) atoms. The zero-order valence-corrected chi connectivity index (χ0v) is 11.8. The maximum atomic E-state index is 11.4. The van der Waals surface area contributed by atoms with Crippen LogP contribution < -0.4 is 0 Å². The minimum absolute atomic E-state index is 0.00664. The molecule has 0 aliphatic carbocycles. The summed E-state index contributed by atoms with van der Waals surface area (Å²) in [5.74, 6) is 0.527. The van der Waals surface area contributed by atoms with Crippen molar-refractivity contribution in [1.82, 2.24) is 4.90 Å². The summed E-state index contributed by atoms with van der Waals surface area (Å²) in [6.45, 7) is 6.02. The highest BCUT2D eigenvalue weighted by Crippen LogP contribution is 2.37. The smallest absolute Gasteiger partial charge is 0.227 e. The molecule has 0 unspecified atom stereocenters. The van der Waals surface area contributed by atoms with Crippen LogP contribution in [0.1, 0.15) is 26.3 Å². The van der Waals surface area contributed by atoms with E-state index in [9.17, 15) is 4.79 Å². The van der Waals surface area contributed by atoms with Gasteiger partial charge in [-0.2, -0.15) is 0 Å². The van der Waals surface area contributed by atoms with Crippen LogP contribution in [0.15, 0.2) is 54.9 Å². The van der Waals surface area contributed by atoms with Gasteiger partial charge in [0.1, 0.15) is 0 Å². The zero-order valence-electron chi connectivity index (χ0n) is 11.8. The lowest BCUT2D eigenvalue weighted by Gasteiger charge is -2.35. The second kappa shape index (κ2) is 5.43. The number of carbonyl (C=O) groups is 1. The first kappa shape index (κ1) is 13.6. The number of nitrogens with zero attached hydrogens (tertiary/aromatic N) is 1. The number of hydrogen-bond acceptors (Lipinski definition) is 1. The van der Waals surface area contributed by atoms with E-state index >= 15 is 0 Å². The van der Waals surface area contributed by atoms with Crippen LogP contribution in [0.5, 0.6) is 0 Å². The molecule has 0 N–H and O–H groups in total. The number of allylic oxidation sites excluding steroid dienone is 2. The molecule has 0 atom stereocenters. The molecule has 0 fully saturated rings. The van der Waals surface area contributed by atoms with Gasteiger partial charge in [-0.3, -0.25) is 9.69 Å². The fourth-order valence-corrected chi connectivity index (χ4v) is 2.41. The van der Waals surface area contributed by atoms with Crippen LogP contribution in [0.3, 0.4) is 0 Å². The second-order valence-electron chi connectivity index (χ2n) is 5.49. The molecule has 0 bridgehead atoms. The number of benzene rings is 1. The fourth-order valence-electron chi connectivity index (χ4n) is 2.41. The standard InChI is InChI=1S/C17H21NO/c1-14(2)17(13-16-7-5-4-6-8-16)9-11-18(12-10-17)15(3)19/h4-12,14H,13H2,1-3H3. The lowest BCUT2D eigenvalue weighted by atomic mass is 9.72. The summed E-state index contributed by atoms with van der Waals surface area (Å²) in [7, 11) is 0. The Bertz CT molecular complexity index is 485. The van der Waals surface area contributed by atoms with Crippen molar-refractivity contribution in [3.8, 4) is 0 Å². The highest BCUT2D eigenvalue weighted by atomic mass is 16.2. The van der Waals surface area contributed by atoms with E-state index in [-0.39, 0.29) is 11.3 Å². The van der Waals surface area contributed by atoms with Crippen molar-refractivity contribution in [2.75, 3.05) is 0 Å². The SMILES string of the molecule is CC(=O)N1C=CC(Cc2ccccc2)(C(C)C)C=C1. The van der Waals surface area contributed by atoms with Crippen LogP contribution in [0, 0.1) is 11.3 Å². The van der Waals surface area contributed by atoms with E-state index in [0.29, 0.717) is 5.92 Å². The molecule has 0 radical (unpaired) electrons. The fraction of sp³-hybridized carbons (Fsp3) is 0.353. The van der Waals surface area contributed by atoms with E-state index in [0.717, 1.165) is 6.42 Å². The van der Waals surface area contributed by atoms with Gasteiger partial charge in [-0.25, -0.2) is 0 Å². The maximum Gasteiger partial charge on any atom is 0.227 e. The Kier molecular flexibility index (Phi) is 3.89. The molecule has 100 valence electrons. The van der Waals surface area contributed by atoms with E-state index in [4.69, 9.17) is 0 Å². The van der Waals surface area contributed by atoms with Crippen molar-refractivity contribution in [3.05, 3.63) is 60.4 Å². The Hall–Kier alpha value is -1.83. The van der Waals surface area contributed by atoms with Gasteiger partial charge in [-0.1, -0.05) is 56.3 Å². The number of hydrogen-bond donors (Lipinski definition) is 0. The van der Waals surface area contributed by atoms with E-state index in [1.807, 2.05) is 18.5 Å². The van der Waals surface area contributed by atoms with Crippen molar-refractivity contribution >= 4 is 5.91 Å². The summed E-state index contributed by atoms with van der Waals surface area (Å²) in [6.07, 6.45) is 9.07. The predicted octanol–water partition coefficient (Wildman–Crippen LogP) is 3.76. The van der Waals surface area contributed by atoms with Crippen LogP contribution >= 0.6 is 0 Å². The molecule has 1 aromatic carbocycles. The topological polar surface area (TPSA) is 20.3 Å². The summed E-state index contributed by atoms with van der Waals surface area (Å²) in [4.78, 5) is 13.0. The van der Waals surface area contributed by atoms with Gasteiger partial charge < -0.3 is 0 Å². The molecule has 0 spiro atoms. The minimum Gasteiger partial charge on any atom is -0.296 e. The monoisotopic (exact) mass is 255 g/mol. The lowest BCUT2D eigenvalue weighted by Crippen LogP contribution is -2.31. The van der Waals surface area contributed by atoms with Gasteiger partial charge in [0.2, 0.25) is 5.91 Å². The van der Waals surface area contributed by atoms with Gasteiger partial charge in [-0.15, -0.1) is 0 Å². The summed E-state index contributed by atoms with van der Waals surface area (Å²) >= 11 is 0. The largest absolute Gasteiger partial charge is 0.296 e. The molecule has 1 heterocycles. The van der Waals surface area contributed by atoms with Crippen molar-refractivity contribution in [1.29, 1.82) is 0 Å². The molecule has 1 amide bonds. The average Bonchev–Trinajstić information content (AvgIpc) is 2.40. The first-order valence-corrected chi connectivity index (χ1v) is 6.75. The van der Waals surface area contributed by atoms with Crippen molar-refractivity contribution in [2.45, 2.75) is 27.2 Å². The molecular weight excluding hydrogens is 234 g/mol. The van der Waals surface area contributed by atoms with E-state index in [1.165, 1.54) is 5.56 Å². The average molecular weight is 255 g/mol. The van der Waals surface area contributed by atoms with Gasteiger partial charge in [0.05, 0.1) is 0 Å². The third kappa shape index (κ3) is 2.95. The van der Waals surface area contributed by atoms with Crippen LogP contribution in [0.25, 0.3) is 0 Å². The van der Waals surface area contributed by atoms with Gasteiger partial charge >= 0.3 is 0 Å². The molecule has 1 aliphatic rings. The first-order chi connectivity index (χ1) is 9.03. The summed E-state index contributed by atoms with van der Waals surface area (Å²) in [5, 5.41) is 0. The Morgan fingerprint density at radius 2 is 1.74 bits per heavy atom. The molecule has 2 rings (SSSR count). The molecule has 0 saturated heterocycles. The third-order valence-corrected chi connectivity index (χ3v) is 3.88. The number of rotatable bonds is 3. The summed E-state index contributed by atoms with van der Waals surface area (Å²) in [6, 6.07) is 10.5. The number of amides is 1. The van der Waals surface area contributed by atoms with Crippen LogP contribution in [0.2, 0.25) is 0 Å². The Morgan fingerprint density at radius 3 is 2.21 bits per heavy atom. The van der Waals surface area contributed by atoms with Gasteiger partial charge in [0.15, 0.2) is 0 Å². The van der Waals surface area contributed by atoms with Crippen molar-refractivity contribution in [3.63, 3.8) is 0 Å². The zero-order chi connectivity index (χ0) is 13.9. The highest BCUT2D eigenvalue weighted by Gasteiger charge is 2.31. The van der Waals surface area contributed by atoms with Crippen LogP contribution in [-0.2, 0) is 11.2 Å². The lowest BCUT2D eigenvalue weighted by molar-refractivity contribution is -0.124. The van der Waals surface area contributed by atoms with Crippen molar-refractivity contribution in [2.24, 2.45) is 11.3 Å². The van der Waals surface area contributed by atoms with Crippen molar-refractivity contribution < 1.29 is 4.79 Å². The third-order valence-electron chi connectivity index (χ3n) is 3.88.